The lowest BCUT2D eigenvalue weighted by Gasteiger charge is -2.20. The maximum absolute atomic E-state index is 12.5. The van der Waals surface area contributed by atoms with E-state index in [0.717, 1.165) is 25.7 Å². The van der Waals surface area contributed by atoms with E-state index >= 15 is 0 Å². The molecule has 0 aromatic carbocycles. The Bertz CT molecular complexity index is 641. The fourth-order valence-corrected chi connectivity index (χ4v) is 4.81. The third kappa shape index (κ3) is 3.13. The number of carboxylic acid groups (broad SMARTS) is 1. The minimum atomic E-state index is -3.91. The highest BCUT2D eigenvalue weighted by atomic mass is 32.2. The number of aryl methyl sites for hydroxylation is 2. The molecule has 0 saturated heterocycles. The Morgan fingerprint density at radius 2 is 1.86 bits per heavy atom. The molecular formula is C14H21NO5S. The number of furan rings is 1. The Labute approximate surface area is 124 Å². The Balaban J connectivity index is 2.33. The van der Waals surface area contributed by atoms with Crippen LogP contribution in [0.5, 0.6) is 0 Å². The molecule has 1 aromatic heterocycles. The summed E-state index contributed by atoms with van der Waals surface area (Å²) in [5, 5.41) is 9.22. The van der Waals surface area contributed by atoms with Crippen molar-refractivity contribution in [2.24, 2.45) is 5.92 Å². The fraction of sp³-hybridized carbons (Fsp3) is 0.643. The van der Waals surface area contributed by atoms with E-state index < -0.39 is 16.0 Å². The minimum Gasteiger partial charge on any atom is -0.478 e. The van der Waals surface area contributed by atoms with Crippen LogP contribution in [-0.2, 0) is 10.0 Å². The number of carbonyl (C=O) groups is 1. The van der Waals surface area contributed by atoms with Gasteiger partial charge < -0.3 is 9.52 Å². The monoisotopic (exact) mass is 315 g/mol. The van der Waals surface area contributed by atoms with Crippen molar-refractivity contribution in [1.29, 1.82) is 0 Å². The van der Waals surface area contributed by atoms with Gasteiger partial charge >= 0.3 is 5.97 Å². The van der Waals surface area contributed by atoms with Crippen LogP contribution in [0.2, 0.25) is 0 Å². The second-order valence-electron chi connectivity index (χ2n) is 5.68. The van der Waals surface area contributed by atoms with Crippen molar-refractivity contribution >= 4 is 16.0 Å². The molecule has 21 heavy (non-hydrogen) atoms. The molecule has 2 rings (SSSR count). The number of sulfonamides is 1. The Morgan fingerprint density at radius 1 is 1.29 bits per heavy atom. The van der Waals surface area contributed by atoms with Crippen LogP contribution in [0.25, 0.3) is 0 Å². The lowest BCUT2D eigenvalue weighted by atomic mass is 10.0. The molecule has 1 heterocycles. The molecule has 1 aliphatic carbocycles. The van der Waals surface area contributed by atoms with Crippen molar-refractivity contribution in [2.75, 3.05) is 0 Å². The first kappa shape index (κ1) is 16.0. The van der Waals surface area contributed by atoms with E-state index in [2.05, 4.69) is 4.72 Å². The molecule has 1 fully saturated rings. The normalized spacial score (nSPS) is 18.0. The van der Waals surface area contributed by atoms with Crippen LogP contribution in [-0.4, -0.2) is 25.5 Å². The molecule has 6 nitrogen and oxygen atoms in total. The Hall–Kier alpha value is -1.34. The van der Waals surface area contributed by atoms with Gasteiger partial charge in [-0.05, 0) is 39.5 Å². The number of hydrogen-bond donors (Lipinski definition) is 2. The first-order valence-electron chi connectivity index (χ1n) is 7.09. The van der Waals surface area contributed by atoms with Crippen LogP contribution < -0.4 is 4.72 Å². The number of carboxylic acids is 1. The van der Waals surface area contributed by atoms with Crippen molar-refractivity contribution in [3.8, 4) is 0 Å². The average molecular weight is 315 g/mol. The molecule has 7 heteroatoms. The van der Waals surface area contributed by atoms with Gasteiger partial charge in [-0.2, -0.15) is 0 Å². The predicted molar refractivity (Wildman–Crippen MR) is 76.9 cm³/mol. The molecule has 0 spiro atoms. The smallest absolute Gasteiger partial charge is 0.340 e. The third-order valence-corrected chi connectivity index (χ3v) is 5.85. The molecule has 1 atom stereocenters. The number of rotatable bonds is 5. The number of aromatic carboxylic acids is 1. The summed E-state index contributed by atoms with van der Waals surface area (Å²) in [5.74, 6) is -0.774. The van der Waals surface area contributed by atoms with E-state index in [9.17, 15) is 18.3 Å². The van der Waals surface area contributed by atoms with Gasteiger partial charge in [0.1, 0.15) is 22.0 Å². The second-order valence-corrected chi connectivity index (χ2v) is 7.33. The molecule has 0 amide bonds. The summed E-state index contributed by atoms with van der Waals surface area (Å²) in [6, 6.07) is -0.214. The lowest BCUT2D eigenvalue weighted by Crippen LogP contribution is -2.37. The van der Waals surface area contributed by atoms with Gasteiger partial charge in [0, 0.05) is 6.04 Å². The molecule has 1 aliphatic rings. The summed E-state index contributed by atoms with van der Waals surface area (Å²) in [4.78, 5) is 11.0. The Morgan fingerprint density at radius 3 is 2.38 bits per heavy atom. The van der Waals surface area contributed by atoms with E-state index in [1.54, 1.807) is 0 Å². The second kappa shape index (κ2) is 5.81. The number of hydrogen-bond acceptors (Lipinski definition) is 4. The van der Waals surface area contributed by atoms with E-state index in [-0.39, 0.29) is 28.0 Å². The third-order valence-electron chi connectivity index (χ3n) is 4.14. The summed E-state index contributed by atoms with van der Waals surface area (Å²) < 4.78 is 32.9. The fourth-order valence-electron chi connectivity index (χ4n) is 3.09. The zero-order valence-electron chi connectivity index (χ0n) is 12.5. The van der Waals surface area contributed by atoms with Crippen molar-refractivity contribution in [3.05, 3.63) is 17.1 Å². The molecule has 1 saturated carbocycles. The zero-order valence-corrected chi connectivity index (χ0v) is 13.3. The van der Waals surface area contributed by atoms with Gasteiger partial charge in [0.25, 0.3) is 0 Å². The molecule has 1 aromatic rings. The van der Waals surface area contributed by atoms with Gasteiger partial charge in [-0.25, -0.2) is 17.9 Å². The SMILES string of the molecule is Cc1oc(C)c(S(=O)(=O)N[C@H](C)C2CCCC2)c1C(=O)O. The van der Waals surface area contributed by atoms with Crippen molar-refractivity contribution in [1.82, 2.24) is 4.72 Å². The molecule has 2 N–H and O–H groups in total. The van der Waals surface area contributed by atoms with Gasteiger partial charge in [-0.3, -0.25) is 0 Å². The topological polar surface area (TPSA) is 96.6 Å². The first-order valence-corrected chi connectivity index (χ1v) is 8.58. The highest BCUT2D eigenvalue weighted by molar-refractivity contribution is 7.89. The maximum Gasteiger partial charge on any atom is 0.340 e. The standard InChI is InChI=1S/C14H21NO5S/c1-8(11-6-4-5-7-11)15-21(18,19)13-10(3)20-9(2)12(13)14(16)17/h8,11,15H,4-7H2,1-3H3,(H,16,17)/t8-/m1/s1. The van der Waals surface area contributed by atoms with Gasteiger partial charge in [-0.1, -0.05) is 12.8 Å². The average Bonchev–Trinajstić information content (AvgIpc) is 2.95. The summed E-state index contributed by atoms with van der Waals surface area (Å²) in [5.41, 5.74) is -0.279. The van der Waals surface area contributed by atoms with E-state index in [1.165, 1.54) is 13.8 Å². The number of nitrogens with one attached hydrogen (secondary N) is 1. The van der Waals surface area contributed by atoms with E-state index in [0.29, 0.717) is 5.92 Å². The predicted octanol–water partition coefficient (Wildman–Crippen LogP) is 2.45. The van der Waals surface area contributed by atoms with Gasteiger partial charge in [0.05, 0.1) is 0 Å². The lowest BCUT2D eigenvalue weighted by molar-refractivity contribution is 0.0691. The van der Waals surface area contributed by atoms with Crippen molar-refractivity contribution in [3.63, 3.8) is 0 Å². The van der Waals surface area contributed by atoms with E-state index in [1.807, 2.05) is 6.92 Å². The molecular weight excluding hydrogens is 294 g/mol. The quantitative estimate of drug-likeness (QED) is 0.870. The summed E-state index contributed by atoms with van der Waals surface area (Å²) in [7, 11) is -3.91. The molecule has 0 aliphatic heterocycles. The van der Waals surface area contributed by atoms with Crippen LogP contribution in [0.3, 0.4) is 0 Å². The molecule has 0 unspecified atom stereocenters. The molecule has 118 valence electrons. The highest BCUT2D eigenvalue weighted by Gasteiger charge is 2.33. The van der Waals surface area contributed by atoms with Gasteiger partial charge in [-0.15, -0.1) is 0 Å². The van der Waals surface area contributed by atoms with Gasteiger partial charge in [0.2, 0.25) is 10.0 Å². The van der Waals surface area contributed by atoms with E-state index in [4.69, 9.17) is 4.42 Å². The van der Waals surface area contributed by atoms with Crippen LogP contribution in [0, 0.1) is 19.8 Å². The minimum absolute atomic E-state index is 0.105. The first-order chi connectivity index (χ1) is 9.74. The van der Waals surface area contributed by atoms with Crippen LogP contribution in [0.15, 0.2) is 9.31 Å². The van der Waals surface area contributed by atoms with Crippen LogP contribution in [0.4, 0.5) is 0 Å². The largest absolute Gasteiger partial charge is 0.478 e. The van der Waals surface area contributed by atoms with Crippen LogP contribution in [0.1, 0.15) is 54.5 Å². The molecule has 0 bridgehead atoms. The zero-order chi connectivity index (χ0) is 15.8. The summed E-state index contributed by atoms with van der Waals surface area (Å²) in [6.07, 6.45) is 4.22. The van der Waals surface area contributed by atoms with Crippen molar-refractivity contribution < 1.29 is 22.7 Å². The molecule has 0 radical (unpaired) electrons. The maximum atomic E-state index is 12.5. The Kier molecular flexibility index (Phi) is 4.43. The summed E-state index contributed by atoms with van der Waals surface area (Å²) in [6.45, 7) is 4.75. The summed E-state index contributed by atoms with van der Waals surface area (Å²) >= 11 is 0. The highest BCUT2D eigenvalue weighted by Crippen LogP contribution is 2.30. The van der Waals surface area contributed by atoms with Crippen LogP contribution >= 0.6 is 0 Å². The van der Waals surface area contributed by atoms with Gasteiger partial charge in [0.15, 0.2) is 0 Å². The van der Waals surface area contributed by atoms with Crippen molar-refractivity contribution in [2.45, 2.75) is 57.4 Å².